The molecule has 12 heteroatoms. The van der Waals surface area contributed by atoms with Crippen LogP contribution in [0.3, 0.4) is 0 Å². The monoisotopic (exact) mass is 677 g/mol. The normalized spacial score (nSPS) is 11.9. The molecule has 4 aromatic rings. The fourth-order valence-corrected chi connectivity index (χ4v) is 6.70. The molecule has 7 nitrogen and oxygen atoms in total. The second-order valence-corrected chi connectivity index (χ2v) is 13.0. The Morgan fingerprint density at radius 1 is 0.767 bits per heavy atom. The second kappa shape index (κ2) is 14.5. The molecule has 0 heterocycles. The van der Waals surface area contributed by atoms with Crippen molar-refractivity contribution in [1.82, 2.24) is 10.2 Å². The van der Waals surface area contributed by atoms with E-state index in [-0.39, 0.29) is 33.6 Å². The first-order valence-corrected chi connectivity index (χ1v) is 16.0. The van der Waals surface area contributed by atoms with Crippen LogP contribution in [0.25, 0.3) is 0 Å². The van der Waals surface area contributed by atoms with Gasteiger partial charge < -0.3 is 10.2 Å². The van der Waals surface area contributed by atoms with Crippen molar-refractivity contribution in [2.75, 3.05) is 17.9 Å². The SMILES string of the molecule is CNC(=O)[C@@H](Cc1ccccc1)N(Cc1c(Cl)cccc1Cl)C(=O)CN(c1ccc(Cl)c(Cl)c1)S(=O)(=O)c1ccccc1. The minimum absolute atomic E-state index is 0.0401. The van der Waals surface area contributed by atoms with E-state index in [1.165, 1.54) is 42.3 Å². The van der Waals surface area contributed by atoms with Crippen molar-refractivity contribution in [2.24, 2.45) is 0 Å². The van der Waals surface area contributed by atoms with Crippen molar-refractivity contribution in [3.05, 3.63) is 128 Å². The minimum atomic E-state index is -4.28. The first-order chi connectivity index (χ1) is 20.5. The Morgan fingerprint density at radius 2 is 1.37 bits per heavy atom. The third-order valence-electron chi connectivity index (χ3n) is 6.71. The van der Waals surface area contributed by atoms with Crippen molar-refractivity contribution in [3.63, 3.8) is 0 Å². The van der Waals surface area contributed by atoms with Crippen molar-refractivity contribution < 1.29 is 18.0 Å². The second-order valence-electron chi connectivity index (χ2n) is 9.46. The van der Waals surface area contributed by atoms with Crippen LogP contribution in [0.4, 0.5) is 5.69 Å². The zero-order valence-corrected chi connectivity index (χ0v) is 26.7. The van der Waals surface area contributed by atoms with E-state index in [0.717, 1.165) is 9.87 Å². The average molecular weight is 679 g/mol. The van der Waals surface area contributed by atoms with Gasteiger partial charge in [0.25, 0.3) is 10.0 Å². The van der Waals surface area contributed by atoms with Crippen LogP contribution in [0.2, 0.25) is 20.1 Å². The Morgan fingerprint density at radius 3 is 1.95 bits per heavy atom. The van der Waals surface area contributed by atoms with Gasteiger partial charge in [0.15, 0.2) is 0 Å². The molecule has 4 aromatic carbocycles. The van der Waals surface area contributed by atoms with Gasteiger partial charge in [-0.05, 0) is 48.0 Å². The summed E-state index contributed by atoms with van der Waals surface area (Å²) in [7, 11) is -2.81. The van der Waals surface area contributed by atoms with Gasteiger partial charge in [0, 0.05) is 35.6 Å². The van der Waals surface area contributed by atoms with Crippen LogP contribution in [0.1, 0.15) is 11.1 Å². The maximum Gasteiger partial charge on any atom is 0.264 e. The summed E-state index contributed by atoms with van der Waals surface area (Å²) >= 11 is 25.4. The Hall–Kier alpha value is -3.27. The summed E-state index contributed by atoms with van der Waals surface area (Å²) in [5.74, 6) is -1.13. The number of anilines is 1. The lowest BCUT2D eigenvalue weighted by atomic mass is 10.0. The molecule has 1 N–H and O–H groups in total. The first-order valence-electron chi connectivity index (χ1n) is 13.0. The predicted molar refractivity (Wildman–Crippen MR) is 172 cm³/mol. The van der Waals surface area contributed by atoms with E-state index < -0.39 is 34.4 Å². The molecule has 4 rings (SSSR count). The third kappa shape index (κ3) is 7.82. The van der Waals surface area contributed by atoms with Gasteiger partial charge >= 0.3 is 0 Å². The van der Waals surface area contributed by atoms with Crippen LogP contribution in [0.15, 0.2) is 102 Å². The fourth-order valence-electron chi connectivity index (χ4n) is 4.46. The number of nitrogens with zero attached hydrogens (tertiary/aromatic N) is 2. The summed E-state index contributed by atoms with van der Waals surface area (Å²) in [6.45, 7) is -0.831. The Labute approximate surface area is 271 Å². The number of hydrogen-bond donors (Lipinski definition) is 1. The predicted octanol–water partition coefficient (Wildman–Crippen LogP) is 6.88. The first kappa shape index (κ1) is 32.6. The zero-order chi connectivity index (χ0) is 31.1. The van der Waals surface area contributed by atoms with Gasteiger partial charge in [-0.25, -0.2) is 8.42 Å². The van der Waals surface area contributed by atoms with Gasteiger partial charge in [-0.1, -0.05) is 101 Å². The zero-order valence-electron chi connectivity index (χ0n) is 22.9. The fraction of sp³-hybridized carbons (Fsp3) is 0.161. The summed E-state index contributed by atoms with van der Waals surface area (Å²) in [5.41, 5.74) is 1.31. The van der Waals surface area contributed by atoms with Gasteiger partial charge in [0.05, 0.1) is 20.6 Å². The summed E-state index contributed by atoms with van der Waals surface area (Å²) in [6, 6.07) is 25.0. The van der Waals surface area contributed by atoms with E-state index >= 15 is 0 Å². The van der Waals surface area contributed by atoms with E-state index in [1.54, 1.807) is 36.4 Å². The molecule has 0 fully saturated rings. The highest BCUT2D eigenvalue weighted by Gasteiger charge is 2.35. The summed E-state index contributed by atoms with van der Waals surface area (Å²) in [4.78, 5) is 28.9. The molecule has 1 atom stereocenters. The van der Waals surface area contributed by atoms with Crippen LogP contribution in [-0.2, 0) is 32.6 Å². The van der Waals surface area contributed by atoms with Crippen LogP contribution in [-0.4, -0.2) is 44.8 Å². The molecule has 43 heavy (non-hydrogen) atoms. The Kier molecular flexibility index (Phi) is 11.0. The lowest BCUT2D eigenvalue weighted by Crippen LogP contribution is -2.53. The lowest BCUT2D eigenvalue weighted by molar-refractivity contribution is -0.139. The van der Waals surface area contributed by atoms with E-state index in [4.69, 9.17) is 46.4 Å². The molecule has 0 unspecified atom stereocenters. The van der Waals surface area contributed by atoms with Crippen LogP contribution >= 0.6 is 46.4 Å². The number of hydrogen-bond acceptors (Lipinski definition) is 4. The van der Waals surface area contributed by atoms with E-state index in [0.29, 0.717) is 15.6 Å². The number of nitrogens with one attached hydrogen (secondary N) is 1. The number of carbonyl (C=O) groups is 2. The van der Waals surface area contributed by atoms with Gasteiger partial charge in [-0.3, -0.25) is 13.9 Å². The van der Waals surface area contributed by atoms with Gasteiger partial charge in [-0.2, -0.15) is 0 Å². The van der Waals surface area contributed by atoms with E-state index in [1.807, 2.05) is 30.3 Å². The Bertz CT molecular complexity index is 1690. The molecule has 0 aromatic heterocycles. The van der Waals surface area contributed by atoms with Crippen molar-refractivity contribution in [3.8, 4) is 0 Å². The van der Waals surface area contributed by atoms with Crippen molar-refractivity contribution in [2.45, 2.75) is 23.9 Å². The summed E-state index contributed by atoms with van der Waals surface area (Å²) in [6.07, 6.45) is 0.145. The van der Waals surface area contributed by atoms with Crippen LogP contribution in [0.5, 0.6) is 0 Å². The summed E-state index contributed by atoms with van der Waals surface area (Å²) < 4.78 is 28.9. The summed E-state index contributed by atoms with van der Waals surface area (Å²) in [5, 5.41) is 3.53. The number of rotatable bonds is 11. The molecular weight excluding hydrogens is 652 g/mol. The largest absolute Gasteiger partial charge is 0.357 e. The third-order valence-corrected chi connectivity index (χ3v) is 9.94. The highest BCUT2D eigenvalue weighted by Crippen LogP contribution is 2.32. The minimum Gasteiger partial charge on any atom is -0.357 e. The molecule has 0 bridgehead atoms. The molecule has 224 valence electrons. The average Bonchev–Trinajstić information content (AvgIpc) is 3.00. The van der Waals surface area contributed by atoms with E-state index in [9.17, 15) is 18.0 Å². The molecule has 2 amide bonds. The maximum atomic E-state index is 14.3. The highest BCUT2D eigenvalue weighted by molar-refractivity contribution is 7.92. The molecule has 0 aliphatic rings. The van der Waals surface area contributed by atoms with E-state index in [2.05, 4.69) is 5.32 Å². The number of halogens is 4. The van der Waals surface area contributed by atoms with Crippen LogP contribution < -0.4 is 9.62 Å². The van der Waals surface area contributed by atoms with Gasteiger partial charge in [0.2, 0.25) is 11.8 Å². The molecule has 0 saturated carbocycles. The molecule has 0 aliphatic heterocycles. The number of sulfonamides is 1. The lowest BCUT2D eigenvalue weighted by Gasteiger charge is -2.34. The molecular formula is C31H27Cl4N3O4S. The smallest absolute Gasteiger partial charge is 0.264 e. The standard InChI is InChI=1S/C31H27Cl4N3O4S/c1-36-31(40)29(17-21-9-4-2-5-10-21)37(19-24-25(32)13-8-14-26(24)33)30(39)20-38(22-15-16-27(34)28(35)18-22)43(41,42)23-11-6-3-7-12-23/h2-16,18,29H,17,19-20H2,1H3,(H,36,40)/t29-/m1/s1. The molecule has 0 aliphatic carbocycles. The Balaban J connectivity index is 1.83. The van der Waals surface area contributed by atoms with Crippen LogP contribution in [0, 0.1) is 0 Å². The topological polar surface area (TPSA) is 86.8 Å². The van der Waals surface area contributed by atoms with Gasteiger partial charge in [0.1, 0.15) is 12.6 Å². The number of amides is 2. The molecule has 0 radical (unpaired) electrons. The number of likely N-dealkylation sites (N-methyl/N-ethyl adjacent to an activating group) is 1. The maximum absolute atomic E-state index is 14.3. The number of benzene rings is 4. The van der Waals surface area contributed by atoms with Gasteiger partial charge in [-0.15, -0.1) is 0 Å². The quantitative estimate of drug-likeness (QED) is 0.187. The van der Waals surface area contributed by atoms with Crippen molar-refractivity contribution in [1.29, 1.82) is 0 Å². The van der Waals surface area contributed by atoms with Crippen molar-refractivity contribution >= 4 is 73.9 Å². The molecule has 0 saturated heterocycles. The molecule has 0 spiro atoms. The number of carbonyl (C=O) groups excluding carboxylic acids is 2. The highest BCUT2D eigenvalue weighted by atomic mass is 35.5.